The molecule has 0 aromatic heterocycles. The fourth-order valence-electron chi connectivity index (χ4n) is 2.89. The SMILES string of the molecule is C[N+](C)(C)C[C@@H]1CC[C@@H](C[N+](C)(C)C)C1=NO. The van der Waals surface area contributed by atoms with Gasteiger partial charge in [-0.1, -0.05) is 5.16 Å². The first-order valence-corrected chi connectivity index (χ1v) is 6.45. The molecule has 0 heterocycles. The second-order valence-corrected chi connectivity index (χ2v) is 7.44. The highest BCUT2D eigenvalue weighted by Gasteiger charge is 2.38. The van der Waals surface area contributed by atoms with Gasteiger partial charge in [0.25, 0.3) is 0 Å². The summed E-state index contributed by atoms with van der Waals surface area (Å²) in [6, 6.07) is 0. The Morgan fingerprint density at radius 2 is 1.29 bits per heavy atom. The number of oxime groups is 1. The molecule has 1 N–H and O–H groups in total. The molecule has 0 saturated heterocycles. The lowest BCUT2D eigenvalue weighted by Gasteiger charge is -2.29. The Bertz CT molecular complexity index is 260. The molecule has 1 aliphatic carbocycles. The van der Waals surface area contributed by atoms with Gasteiger partial charge in [0.2, 0.25) is 0 Å². The summed E-state index contributed by atoms with van der Waals surface area (Å²) in [5.41, 5.74) is 1.03. The summed E-state index contributed by atoms with van der Waals surface area (Å²) in [4.78, 5) is 0. The number of quaternary nitrogens is 2. The van der Waals surface area contributed by atoms with Crippen LogP contribution in [0.2, 0.25) is 0 Å². The molecule has 0 amide bonds. The normalized spacial score (nSPS) is 26.4. The van der Waals surface area contributed by atoms with Crippen LogP contribution in [0.3, 0.4) is 0 Å². The summed E-state index contributed by atoms with van der Waals surface area (Å²) < 4.78 is 1.86. The molecule has 4 nitrogen and oxygen atoms in total. The van der Waals surface area contributed by atoms with E-state index in [1.807, 2.05) is 0 Å². The third kappa shape index (κ3) is 4.64. The summed E-state index contributed by atoms with van der Waals surface area (Å²) >= 11 is 0. The topological polar surface area (TPSA) is 32.6 Å². The van der Waals surface area contributed by atoms with Crippen LogP contribution in [0.5, 0.6) is 0 Å². The van der Waals surface area contributed by atoms with Gasteiger partial charge in [-0.25, -0.2) is 0 Å². The molecule has 1 aliphatic rings. The number of hydrogen-bond donors (Lipinski definition) is 1. The van der Waals surface area contributed by atoms with Crippen molar-refractivity contribution >= 4 is 5.71 Å². The van der Waals surface area contributed by atoms with Crippen molar-refractivity contribution < 1.29 is 14.2 Å². The van der Waals surface area contributed by atoms with E-state index in [1.165, 1.54) is 12.8 Å². The Kier molecular flexibility index (Phi) is 4.20. The van der Waals surface area contributed by atoms with E-state index in [2.05, 4.69) is 47.4 Å². The molecule has 2 atom stereocenters. The van der Waals surface area contributed by atoms with Crippen LogP contribution < -0.4 is 0 Å². The zero-order chi connectivity index (χ0) is 13.3. The Hall–Kier alpha value is -0.610. The summed E-state index contributed by atoms with van der Waals surface area (Å²) in [6.07, 6.45) is 2.33. The monoisotopic (exact) mass is 243 g/mol. The van der Waals surface area contributed by atoms with Crippen molar-refractivity contribution in [1.29, 1.82) is 0 Å². The van der Waals surface area contributed by atoms with Crippen LogP contribution in [-0.2, 0) is 0 Å². The molecule has 1 rings (SSSR count). The first-order valence-electron chi connectivity index (χ1n) is 6.45. The standard InChI is InChI=1S/C13H28N3O/c1-15(2,3)9-11-7-8-12(13(11)14-17)10-16(4,5)6/h11-12H,7-10H2,1-6H3/q+1/p+1/t11-,12-/m0/s1. The number of nitrogens with zero attached hydrogens (tertiary/aromatic N) is 3. The van der Waals surface area contributed by atoms with Crippen molar-refractivity contribution in [3.8, 4) is 0 Å². The third-order valence-corrected chi connectivity index (χ3v) is 3.35. The van der Waals surface area contributed by atoms with Gasteiger partial charge in [-0.3, -0.25) is 0 Å². The maximum atomic E-state index is 9.27. The van der Waals surface area contributed by atoms with Gasteiger partial charge in [0.05, 0.1) is 72.9 Å². The molecule has 0 unspecified atom stereocenters. The van der Waals surface area contributed by atoms with Crippen LogP contribution in [0.25, 0.3) is 0 Å². The molecule has 0 spiro atoms. The Balaban J connectivity index is 2.69. The molecule has 17 heavy (non-hydrogen) atoms. The molecule has 0 aliphatic heterocycles. The highest BCUT2D eigenvalue weighted by Crippen LogP contribution is 2.30. The number of rotatable bonds is 4. The van der Waals surface area contributed by atoms with Crippen LogP contribution in [0.1, 0.15) is 12.8 Å². The Morgan fingerprint density at radius 1 is 0.941 bits per heavy atom. The van der Waals surface area contributed by atoms with Gasteiger partial charge >= 0.3 is 0 Å². The fraction of sp³-hybridized carbons (Fsp3) is 0.923. The molecule has 4 heteroatoms. The van der Waals surface area contributed by atoms with Crippen molar-refractivity contribution in [3.05, 3.63) is 0 Å². The van der Waals surface area contributed by atoms with Crippen molar-refractivity contribution in [3.63, 3.8) is 0 Å². The van der Waals surface area contributed by atoms with E-state index in [-0.39, 0.29) is 0 Å². The van der Waals surface area contributed by atoms with Crippen molar-refractivity contribution in [2.24, 2.45) is 17.0 Å². The van der Waals surface area contributed by atoms with Crippen molar-refractivity contribution in [1.82, 2.24) is 0 Å². The second kappa shape index (κ2) is 4.94. The predicted molar refractivity (Wildman–Crippen MR) is 71.2 cm³/mol. The zero-order valence-corrected chi connectivity index (χ0v) is 12.3. The second-order valence-electron chi connectivity index (χ2n) is 7.44. The van der Waals surface area contributed by atoms with E-state index in [1.54, 1.807) is 0 Å². The molecule has 0 aromatic rings. The largest absolute Gasteiger partial charge is 0.411 e. The lowest BCUT2D eigenvalue weighted by Crippen LogP contribution is -2.43. The van der Waals surface area contributed by atoms with Crippen LogP contribution in [0, 0.1) is 11.8 Å². The van der Waals surface area contributed by atoms with E-state index in [0.29, 0.717) is 11.8 Å². The highest BCUT2D eigenvalue weighted by atomic mass is 16.4. The molecule has 100 valence electrons. The molecule has 1 fully saturated rings. The lowest BCUT2D eigenvalue weighted by atomic mass is 10.00. The predicted octanol–water partition coefficient (Wildman–Crippen LogP) is 1.26. The molecule has 0 bridgehead atoms. The van der Waals surface area contributed by atoms with E-state index in [4.69, 9.17) is 0 Å². The fourth-order valence-corrected chi connectivity index (χ4v) is 2.89. The maximum Gasteiger partial charge on any atom is 0.0863 e. The zero-order valence-electron chi connectivity index (χ0n) is 12.3. The third-order valence-electron chi connectivity index (χ3n) is 3.35. The van der Waals surface area contributed by atoms with Gasteiger partial charge in [0, 0.05) is 0 Å². The summed E-state index contributed by atoms with van der Waals surface area (Å²) in [5, 5.41) is 12.9. The van der Waals surface area contributed by atoms with Gasteiger partial charge in [-0.15, -0.1) is 0 Å². The number of hydrogen-bond acceptors (Lipinski definition) is 2. The minimum atomic E-state index is 0.455. The molecule has 0 radical (unpaired) electrons. The average molecular weight is 243 g/mol. The first-order chi connectivity index (χ1) is 7.62. The minimum absolute atomic E-state index is 0.455. The van der Waals surface area contributed by atoms with Crippen LogP contribution >= 0.6 is 0 Å². The molecular formula is C13H29N3O+2. The van der Waals surface area contributed by atoms with Crippen molar-refractivity contribution in [2.45, 2.75) is 12.8 Å². The van der Waals surface area contributed by atoms with Gasteiger partial charge in [0.15, 0.2) is 0 Å². The summed E-state index contributed by atoms with van der Waals surface area (Å²) in [6.45, 7) is 2.13. The molecule has 1 saturated carbocycles. The Morgan fingerprint density at radius 3 is 1.53 bits per heavy atom. The van der Waals surface area contributed by atoms with E-state index in [9.17, 15) is 5.21 Å². The quantitative estimate of drug-likeness (QED) is 0.450. The minimum Gasteiger partial charge on any atom is -0.411 e. The maximum absolute atomic E-state index is 9.27. The van der Waals surface area contributed by atoms with E-state index in [0.717, 1.165) is 27.8 Å². The van der Waals surface area contributed by atoms with Gasteiger partial charge in [0.1, 0.15) is 0 Å². The average Bonchev–Trinajstić information content (AvgIpc) is 2.41. The van der Waals surface area contributed by atoms with E-state index >= 15 is 0 Å². The van der Waals surface area contributed by atoms with Gasteiger partial charge in [-0.05, 0) is 12.8 Å². The Labute approximate surface area is 106 Å². The van der Waals surface area contributed by atoms with Crippen molar-refractivity contribution in [2.75, 3.05) is 55.4 Å². The van der Waals surface area contributed by atoms with Crippen LogP contribution in [-0.4, -0.2) is 75.3 Å². The highest BCUT2D eigenvalue weighted by molar-refractivity contribution is 5.90. The smallest absolute Gasteiger partial charge is 0.0863 e. The van der Waals surface area contributed by atoms with E-state index < -0.39 is 0 Å². The molecule has 0 aromatic carbocycles. The van der Waals surface area contributed by atoms with Crippen LogP contribution in [0.15, 0.2) is 5.16 Å². The van der Waals surface area contributed by atoms with Gasteiger partial charge < -0.3 is 14.2 Å². The van der Waals surface area contributed by atoms with Crippen LogP contribution in [0.4, 0.5) is 0 Å². The summed E-state index contributed by atoms with van der Waals surface area (Å²) in [5.74, 6) is 0.910. The first kappa shape index (κ1) is 14.5. The summed E-state index contributed by atoms with van der Waals surface area (Å²) in [7, 11) is 13.2. The lowest BCUT2D eigenvalue weighted by molar-refractivity contribution is -0.873. The van der Waals surface area contributed by atoms with Gasteiger partial charge in [-0.2, -0.15) is 0 Å². The molecular weight excluding hydrogens is 214 g/mol.